The second-order valence-electron chi connectivity index (χ2n) is 20.4. The van der Waals surface area contributed by atoms with E-state index in [1.165, 1.54) is 39.1 Å². The average molecular weight is 1050 g/mol. The number of hydrogen-bond donors (Lipinski definition) is 0. The third kappa shape index (κ3) is 8.45. The van der Waals surface area contributed by atoms with Crippen molar-refractivity contribution in [2.75, 3.05) is 9.80 Å². The van der Waals surface area contributed by atoms with E-state index in [9.17, 15) is 0 Å². The molecule has 1 atom stereocenters. The third-order valence-corrected chi connectivity index (χ3v) is 13.3. The van der Waals surface area contributed by atoms with E-state index < -0.39 is 0 Å². The first kappa shape index (κ1) is 46.7. The Kier molecular flexibility index (Phi) is 12.8. The largest absolute Gasteiger partial charge is 0.540 e. The van der Waals surface area contributed by atoms with Gasteiger partial charge in [-0.15, -0.1) is 29.5 Å². The maximum atomic E-state index is 7.17. The number of hydrogen-bond acceptors (Lipinski definition) is 4. The summed E-state index contributed by atoms with van der Waals surface area (Å²) >= 11 is 0. The fraction of sp³-hybridized carbons (Fsp3) is 0.283. The number of nitrogens with zero attached hydrogens (tertiary/aromatic N) is 4. The Bertz CT molecular complexity index is 3030. The molecule has 0 radical (unpaired) electrons. The smallest absolute Gasteiger partial charge is 0.135 e. The van der Waals surface area contributed by atoms with E-state index in [4.69, 9.17) is 16.6 Å². The van der Waals surface area contributed by atoms with Gasteiger partial charge in [0.1, 0.15) is 5.82 Å². The summed E-state index contributed by atoms with van der Waals surface area (Å²) in [6, 6.07) is 49.8. The van der Waals surface area contributed by atoms with Gasteiger partial charge in [-0.1, -0.05) is 165 Å². The molecule has 2 aromatic heterocycles. The van der Waals surface area contributed by atoms with Crippen LogP contribution in [0.1, 0.15) is 121 Å². The van der Waals surface area contributed by atoms with E-state index in [0.29, 0.717) is 29.8 Å². The zero-order valence-electron chi connectivity index (χ0n) is 40.3. The number of pyridine rings is 1. The van der Waals surface area contributed by atoms with Crippen LogP contribution in [-0.4, -0.2) is 15.7 Å². The summed E-state index contributed by atoms with van der Waals surface area (Å²) < 4.78 is 9.39. The second-order valence-corrected chi connectivity index (χ2v) is 20.4. The third-order valence-electron chi connectivity index (χ3n) is 13.3. The van der Waals surface area contributed by atoms with Crippen LogP contribution in [0.3, 0.4) is 0 Å². The monoisotopic (exact) mass is 1050 g/mol. The number of benzene rings is 6. The topological polar surface area (TPSA) is 33.5 Å². The minimum atomic E-state index is -0.0797. The molecule has 0 saturated heterocycles. The summed E-state index contributed by atoms with van der Waals surface area (Å²) in [6.45, 7) is 33.0. The summed E-state index contributed by atoms with van der Waals surface area (Å²) in [5.74, 6) is 2.76. The van der Waals surface area contributed by atoms with Gasteiger partial charge in [-0.25, -0.2) is 4.98 Å². The Labute approximate surface area is 408 Å². The van der Waals surface area contributed by atoms with Gasteiger partial charge in [0.25, 0.3) is 0 Å². The number of para-hydroxylation sites is 3. The Morgan fingerprint density at radius 1 is 0.697 bits per heavy atom. The molecule has 1 aliphatic heterocycles. The van der Waals surface area contributed by atoms with Gasteiger partial charge in [-0.2, -0.15) is 13.0 Å². The van der Waals surface area contributed by atoms with Crippen LogP contribution in [0.4, 0.5) is 17.1 Å². The Hall–Kier alpha value is -5.77. The van der Waals surface area contributed by atoms with E-state index in [1.54, 1.807) is 0 Å². The molecule has 0 aliphatic carbocycles. The predicted molar refractivity (Wildman–Crippen MR) is 274 cm³/mol. The summed E-state index contributed by atoms with van der Waals surface area (Å²) in [4.78, 5) is 9.93. The van der Waals surface area contributed by atoms with Crippen LogP contribution in [0.5, 0.6) is 11.5 Å². The number of aromatic nitrogens is 2. The molecule has 6 heteroatoms. The fourth-order valence-corrected chi connectivity index (χ4v) is 9.97. The molecule has 0 spiro atoms. The van der Waals surface area contributed by atoms with Crippen LogP contribution >= 0.6 is 0 Å². The van der Waals surface area contributed by atoms with Gasteiger partial charge < -0.3 is 26.0 Å². The first-order valence-electron chi connectivity index (χ1n) is 23.3. The second kappa shape index (κ2) is 18.1. The Morgan fingerprint density at radius 3 is 2.05 bits per heavy atom. The first-order valence-corrected chi connectivity index (χ1v) is 23.3. The van der Waals surface area contributed by atoms with E-state index >= 15 is 0 Å². The number of rotatable bonds is 10. The van der Waals surface area contributed by atoms with E-state index in [0.717, 1.165) is 56.7 Å². The molecular formula is C60H63N4OPt-3. The van der Waals surface area contributed by atoms with Crippen molar-refractivity contribution in [3.05, 3.63) is 187 Å². The van der Waals surface area contributed by atoms with Crippen molar-refractivity contribution in [3.63, 3.8) is 0 Å². The van der Waals surface area contributed by atoms with Crippen LogP contribution in [-0.2, 0) is 38.4 Å². The van der Waals surface area contributed by atoms with Gasteiger partial charge >= 0.3 is 0 Å². The number of fused-ring (bicyclic) bond motifs is 4. The van der Waals surface area contributed by atoms with Crippen LogP contribution in [0.25, 0.3) is 38.8 Å². The van der Waals surface area contributed by atoms with E-state index in [2.05, 4.69) is 218 Å². The summed E-state index contributed by atoms with van der Waals surface area (Å²) in [5, 5.41) is 2.23. The molecular weight excluding hydrogens is 988 g/mol. The maximum Gasteiger partial charge on any atom is 0.135 e. The average Bonchev–Trinajstić information content (AvgIpc) is 3.78. The molecule has 0 amide bonds. The van der Waals surface area contributed by atoms with Crippen LogP contribution in [0.2, 0.25) is 0 Å². The molecule has 5 nitrogen and oxygen atoms in total. The van der Waals surface area contributed by atoms with Crippen molar-refractivity contribution in [3.8, 4) is 28.4 Å². The molecule has 0 saturated carbocycles. The molecule has 66 heavy (non-hydrogen) atoms. The van der Waals surface area contributed by atoms with Crippen molar-refractivity contribution < 1.29 is 25.8 Å². The zero-order chi connectivity index (χ0) is 45.9. The predicted octanol–water partition coefficient (Wildman–Crippen LogP) is 16.2. The van der Waals surface area contributed by atoms with Crippen LogP contribution in [0, 0.1) is 19.9 Å². The van der Waals surface area contributed by atoms with Crippen molar-refractivity contribution >= 4 is 38.9 Å². The molecule has 3 heterocycles. The Morgan fingerprint density at radius 2 is 1.36 bits per heavy atom. The molecule has 6 aromatic carbocycles. The van der Waals surface area contributed by atoms with Gasteiger partial charge in [0.15, 0.2) is 0 Å². The summed E-state index contributed by atoms with van der Waals surface area (Å²) in [6.07, 6.45) is 2.48. The SMILES string of the molecule is [CH2-]CC1N(Cc2ccccc2C(C)(C)C)c2ccccc2N1c1cc(-c2c(C(C)C)cccc2C(C)C)cc(Oc2[c-]c3c(cc2)c2ccccc2n3-c2cc(C(C)(C)C)ccn2)c1[CH2-].[Pt]. The molecule has 0 bridgehead atoms. The molecule has 9 rings (SSSR count). The maximum absolute atomic E-state index is 7.17. The zero-order valence-corrected chi connectivity index (χ0v) is 42.5. The van der Waals surface area contributed by atoms with Gasteiger partial charge in [-0.05, 0) is 103 Å². The number of anilines is 3. The standard InChI is InChI=1S/C60H63N4O.Pt/c1-13-57-62(37-41-21-14-16-25-49(41)60(10,11)12)51-27-18-19-28-52(51)64(57)53-33-42(58-45(38(2)3)23-20-24-46(58)39(4)5)34-55(40(53)6)65-44-29-30-48-47-22-15-17-26-50(47)63(54(48)36-44)56-35-43(31-32-61-56)59(7,8)9;/h14-35,38-39,57H,1,6,13,37H2,2-5,7-12H3;/q-3;. The quantitative estimate of drug-likeness (QED) is 0.128. The first-order chi connectivity index (χ1) is 31.0. The normalized spacial score (nSPS) is 14.1. The summed E-state index contributed by atoms with van der Waals surface area (Å²) in [5.41, 5.74) is 14.9. The summed E-state index contributed by atoms with van der Waals surface area (Å²) in [7, 11) is 0. The van der Waals surface area contributed by atoms with E-state index in [1.807, 2.05) is 12.3 Å². The molecule has 0 N–H and O–H groups in total. The van der Waals surface area contributed by atoms with Crippen molar-refractivity contribution in [2.45, 2.75) is 111 Å². The van der Waals surface area contributed by atoms with E-state index in [-0.39, 0.29) is 38.1 Å². The minimum Gasteiger partial charge on any atom is -0.540 e. The van der Waals surface area contributed by atoms with Crippen molar-refractivity contribution in [1.29, 1.82) is 0 Å². The molecule has 1 aliphatic rings. The van der Waals surface area contributed by atoms with Crippen molar-refractivity contribution in [2.24, 2.45) is 0 Å². The van der Waals surface area contributed by atoms with Gasteiger partial charge in [0.05, 0.1) is 17.5 Å². The molecule has 342 valence electrons. The molecule has 1 unspecified atom stereocenters. The van der Waals surface area contributed by atoms with Crippen LogP contribution in [0.15, 0.2) is 134 Å². The van der Waals surface area contributed by atoms with Crippen LogP contribution < -0.4 is 14.5 Å². The number of ether oxygens (including phenoxy) is 1. The van der Waals surface area contributed by atoms with Gasteiger partial charge in [0.2, 0.25) is 0 Å². The molecule has 8 aromatic rings. The Balaban J connectivity index is 0.00000592. The fourth-order valence-electron chi connectivity index (χ4n) is 9.97. The van der Waals surface area contributed by atoms with Gasteiger partial charge in [0, 0.05) is 45.1 Å². The molecule has 0 fully saturated rings. The minimum absolute atomic E-state index is 0. The van der Waals surface area contributed by atoms with Crippen molar-refractivity contribution in [1.82, 2.24) is 9.55 Å². The van der Waals surface area contributed by atoms with Gasteiger partial charge in [-0.3, -0.25) is 0 Å².